The van der Waals surface area contributed by atoms with Crippen LogP contribution in [-0.2, 0) is 4.79 Å². The van der Waals surface area contributed by atoms with E-state index in [-0.39, 0.29) is 24.2 Å². The van der Waals surface area contributed by atoms with E-state index >= 15 is 0 Å². The van der Waals surface area contributed by atoms with Crippen molar-refractivity contribution in [2.24, 2.45) is 5.92 Å². The van der Waals surface area contributed by atoms with Gasteiger partial charge >= 0.3 is 6.03 Å². The number of urea groups is 1. The number of nitrogens with one attached hydrogen (secondary N) is 2. The Balaban J connectivity index is 1.62. The Morgan fingerprint density at radius 1 is 1.27 bits per heavy atom. The van der Waals surface area contributed by atoms with E-state index in [0.717, 1.165) is 40.8 Å². The summed E-state index contributed by atoms with van der Waals surface area (Å²) in [4.78, 5) is 42.8. The van der Waals surface area contributed by atoms with Crippen molar-refractivity contribution in [3.63, 3.8) is 0 Å². The second kappa shape index (κ2) is 5.97. The van der Waals surface area contributed by atoms with Crippen molar-refractivity contribution in [1.82, 2.24) is 15.2 Å². The number of fused-ring (bicyclic) bond motifs is 1. The minimum atomic E-state index is -0.828. The Morgan fingerprint density at radius 2 is 2.04 bits per heavy atom. The van der Waals surface area contributed by atoms with E-state index in [9.17, 15) is 14.4 Å². The summed E-state index contributed by atoms with van der Waals surface area (Å²) in [6, 6.07) is 7.11. The topological polar surface area (TPSA) is 82.3 Å². The van der Waals surface area contributed by atoms with Crippen LogP contribution in [0.4, 0.5) is 4.79 Å². The molecule has 2 aliphatic rings. The van der Waals surface area contributed by atoms with Crippen LogP contribution in [-0.4, -0.2) is 39.7 Å². The molecule has 0 bridgehead atoms. The van der Waals surface area contributed by atoms with Gasteiger partial charge in [-0.05, 0) is 31.7 Å². The molecule has 0 unspecified atom stereocenters. The molecule has 2 heterocycles. The van der Waals surface area contributed by atoms with E-state index in [2.05, 4.69) is 10.3 Å². The van der Waals surface area contributed by atoms with E-state index < -0.39 is 11.6 Å². The van der Waals surface area contributed by atoms with Crippen LogP contribution in [0.5, 0.6) is 0 Å². The first-order valence-electron chi connectivity index (χ1n) is 9.18. The molecule has 4 rings (SSSR count). The van der Waals surface area contributed by atoms with Crippen molar-refractivity contribution in [3.8, 4) is 0 Å². The van der Waals surface area contributed by atoms with Crippen molar-refractivity contribution in [1.29, 1.82) is 0 Å². The zero-order valence-corrected chi connectivity index (χ0v) is 15.1. The van der Waals surface area contributed by atoms with Gasteiger partial charge in [0.2, 0.25) is 0 Å². The summed E-state index contributed by atoms with van der Waals surface area (Å²) in [5.41, 5.74) is 1.36. The highest BCUT2D eigenvalue weighted by atomic mass is 16.2. The molecule has 26 heavy (non-hydrogen) atoms. The van der Waals surface area contributed by atoms with Gasteiger partial charge in [-0.25, -0.2) is 4.79 Å². The average Bonchev–Trinajstić information content (AvgIpc) is 3.07. The zero-order chi connectivity index (χ0) is 18.5. The highest BCUT2D eigenvalue weighted by molar-refractivity contribution is 6.15. The number of aryl methyl sites for hydroxylation is 1. The molecule has 1 saturated heterocycles. The molecule has 3 amide bonds. The summed E-state index contributed by atoms with van der Waals surface area (Å²) < 4.78 is 0. The van der Waals surface area contributed by atoms with E-state index in [1.54, 1.807) is 0 Å². The Morgan fingerprint density at radius 3 is 2.81 bits per heavy atom. The number of hydrogen-bond donors (Lipinski definition) is 2. The van der Waals surface area contributed by atoms with E-state index in [4.69, 9.17) is 0 Å². The van der Waals surface area contributed by atoms with E-state index in [1.165, 1.54) is 0 Å². The molecule has 2 fully saturated rings. The molecule has 136 valence electrons. The fraction of sp³-hybridized carbons (Fsp3) is 0.450. The fourth-order valence-corrected chi connectivity index (χ4v) is 4.50. The van der Waals surface area contributed by atoms with Gasteiger partial charge in [-0.1, -0.05) is 38.0 Å². The van der Waals surface area contributed by atoms with Crippen LogP contribution in [0.3, 0.4) is 0 Å². The number of ketones is 1. The van der Waals surface area contributed by atoms with Gasteiger partial charge in [0.05, 0.1) is 6.54 Å². The van der Waals surface area contributed by atoms with Gasteiger partial charge in [0, 0.05) is 22.2 Å². The summed E-state index contributed by atoms with van der Waals surface area (Å²) in [5.74, 6) is -0.382. The molecular weight excluding hydrogens is 330 g/mol. The third-order valence-corrected chi connectivity index (χ3v) is 5.98. The summed E-state index contributed by atoms with van der Waals surface area (Å²) >= 11 is 0. The molecule has 2 N–H and O–H groups in total. The van der Waals surface area contributed by atoms with Crippen LogP contribution in [0.15, 0.2) is 24.3 Å². The molecule has 1 aromatic carbocycles. The SMILES string of the molecule is Cc1[nH]c2ccccc2c1C(=O)CN1C(=O)N[C@@]2(CCCC[C@H]2C)C1=O. The van der Waals surface area contributed by atoms with E-state index in [0.29, 0.717) is 12.0 Å². The maximum absolute atomic E-state index is 13.0. The predicted molar refractivity (Wildman–Crippen MR) is 98.0 cm³/mol. The molecule has 0 radical (unpaired) electrons. The second-order valence-corrected chi connectivity index (χ2v) is 7.53. The lowest BCUT2D eigenvalue weighted by atomic mass is 9.73. The molecule has 1 aliphatic heterocycles. The Labute approximate surface area is 151 Å². The predicted octanol–water partition coefficient (Wildman–Crippen LogP) is 3.16. The Kier molecular flexibility index (Phi) is 3.86. The maximum Gasteiger partial charge on any atom is 0.325 e. The molecule has 2 aromatic rings. The van der Waals surface area contributed by atoms with Gasteiger partial charge in [0.25, 0.3) is 5.91 Å². The number of imide groups is 1. The number of aromatic nitrogens is 1. The molecular formula is C20H23N3O3. The van der Waals surface area contributed by atoms with Crippen molar-refractivity contribution in [2.45, 2.75) is 45.1 Å². The van der Waals surface area contributed by atoms with Crippen molar-refractivity contribution in [2.75, 3.05) is 6.54 Å². The number of H-pyrrole nitrogens is 1. The Hall–Kier alpha value is -2.63. The quantitative estimate of drug-likeness (QED) is 0.657. The summed E-state index contributed by atoms with van der Waals surface area (Å²) in [6.45, 7) is 3.62. The minimum Gasteiger partial charge on any atom is -0.358 e. The molecule has 1 aromatic heterocycles. The van der Waals surface area contributed by atoms with Gasteiger partial charge in [-0.2, -0.15) is 0 Å². The molecule has 1 aliphatic carbocycles. The second-order valence-electron chi connectivity index (χ2n) is 7.53. The summed E-state index contributed by atoms with van der Waals surface area (Å²) in [7, 11) is 0. The van der Waals surface area contributed by atoms with Crippen LogP contribution in [0.1, 0.15) is 48.7 Å². The summed E-state index contributed by atoms with van der Waals surface area (Å²) in [5, 5.41) is 3.72. The lowest BCUT2D eigenvalue weighted by Gasteiger charge is -2.36. The van der Waals surface area contributed by atoms with Crippen LogP contribution >= 0.6 is 0 Å². The zero-order valence-electron chi connectivity index (χ0n) is 15.1. The number of aromatic amines is 1. The number of benzene rings is 1. The molecule has 6 heteroatoms. The summed E-state index contributed by atoms with van der Waals surface area (Å²) in [6.07, 6.45) is 3.55. The first-order chi connectivity index (χ1) is 12.4. The Bertz CT molecular complexity index is 916. The number of Topliss-reactive ketones (excluding diaryl/α,β-unsaturated/α-hetero) is 1. The van der Waals surface area contributed by atoms with Crippen LogP contribution in [0, 0.1) is 12.8 Å². The van der Waals surface area contributed by atoms with Gasteiger partial charge in [0.1, 0.15) is 5.54 Å². The van der Waals surface area contributed by atoms with Crippen molar-refractivity contribution >= 4 is 28.6 Å². The average molecular weight is 353 g/mol. The number of carbonyl (C=O) groups is 3. The third-order valence-electron chi connectivity index (χ3n) is 5.98. The highest BCUT2D eigenvalue weighted by Crippen LogP contribution is 2.38. The number of amides is 3. The highest BCUT2D eigenvalue weighted by Gasteiger charge is 2.55. The lowest BCUT2D eigenvalue weighted by molar-refractivity contribution is -0.133. The molecule has 6 nitrogen and oxygen atoms in total. The van der Waals surface area contributed by atoms with Gasteiger partial charge in [0.15, 0.2) is 5.78 Å². The van der Waals surface area contributed by atoms with Crippen LogP contribution in [0.2, 0.25) is 0 Å². The number of para-hydroxylation sites is 1. The van der Waals surface area contributed by atoms with Gasteiger partial charge in [-0.15, -0.1) is 0 Å². The number of hydrogen-bond acceptors (Lipinski definition) is 3. The molecule has 2 atom stereocenters. The van der Waals surface area contributed by atoms with Gasteiger partial charge < -0.3 is 10.3 Å². The number of nitrogens with zero attached hydrogens (tertiary/aromatic N) is 1. The van der Waals surface area contributed by atoms with Crippen molar-refractivity contribution < 1.29 is 14.4 Å². The number of rotatable bonds is 3. The first-order valence-corrected chi connectivity index (χ1v) is 9.18. The van der Waals surface area contributed by atoms with Gasteiger partial charge in [-0.3, -0.25) is 14.5 Å². The standard InChI is InChI=1S/C20H23N3O3/c1-12-7-5-6-10-20(12)18(25)23(19(26)22-20)11-16(24)17-13(2)21-15-9-4-3-8-14(15)17/h3-4,8-9,12,21H,5-7,10-11H2,1-2H3,(H,22,26)/t12-,20-/m1/s1. The smallest absolute Gasteiger partial charge is 0.325 e. The lowest BCUT2D eigenvalue weighted by Crippen LogP contribution is -2.54. The minimum absolute atomic E-state index is 0.0858. The van der Waals surface area contributed by atoms with Crippen LogP contribution in [0.25, 0.3) is 10.9 Å². The third kappa shape index (κ3) is 2.35. The van der Waals surface area contributed by atoms with E-state index in [1.807, 2.05) is 38.1 Å². The van der Waals surface area contributed by atoms with Crippen LogP contribution < -0.4 is 5.32 Å². The monoisotopic (exact) mass is 353 g/mol. The number of carbonyl (C=O) groups excluding carboxylic acids is 3. The fourth-order valence-electron chi connectivity index (χ4n) is 4.50. The molecule has 1 spiro atoms. The molecule has 1 saturated carbocycles. The largest absolute Gasteiger partial charge is 0.358 e. The first kappa shape index (κ1) is 16.8. The van der Waals surface area contributed by atoms with Crippen molar-refractivity contribution in [3.05, 3.63) is 35.5 Å². The normalized spacial score (nSPS) is 25.9. The maximum atomic E-state index is 13.0.